The molecule has 0 bridgehead atoms. The van der Waals surface area contributed by atoms with Crippen LogP contribution in [0.4, 0.5) is 4.79 Å². The average molecular weight is 230 g/mol. The SMILES string of the molecule is N#CC1CCN(C(=O)OCc2ccccc2)C1. The number of amides is 1. The highest BCUT2D eigenvalue weighted by Crippen LogP contribution is 2.16. The summed E-state index contributed by atoms with van der Waals surface area (Å²) in [5, 5.41) is 8.74. The second-order valence-electron chi connectivity index (χ2n) is 4.10. The molecule has 0 aromatic heterocycles. The molecule has 1 fully saturated rings. The summed E-state index contributed by atoms with van der Waals surface area (Å²) in [6.45, 7) is 1.39. The van der Waals surface area contributed by atoms with Gasteiger partial charge >= 0.3 is 6.09 Å². The van der Waals surface area contributed by atoms with Gasteiger partial charge in [-0.25, -0.2) is 4.79 Å². The molecule has 0 N–H and O–H groups in total. The van der Waals surface area contributed by atoms with E-state index in [4.69, 9.17) is 10.00 Å². The number of nitrogens with zero attached hydrogens (tertiary/aromatic N) is 2. The molecule has 88 valence electrons. The number of nitriles is 1. The minimum atomic E-state index is -0.327. The first kappa shape index (κ1) is 11.5. The highest BCUT2D eigenvalue weighted by Gasteiger charge is 2.26. The normalized spacial score (nSPS) is 18.8. The monoisotopic (exact) mass is 230 g/mol. The summed E-state index contributed by atoms with van der Waals surface area (Å²) in [5.41, 5.74) is 0.969. The summed E-state index contributed by atoms with van der Waals surface area (Å²) >= 11 is 0. The van der Waals surface area contributed by atoms with Crippen molar-refractivity contribution in [2.24, 2.45) is 5.92 Å². The number of ether oxygens (including phenoxy) is 1. The molecule has 4 nitrogen and oxygen atoms in total. The second-order valence-corrected chi connectivity index (χ2v) is 4.10. The van der Waals surface area contributed by atoms with E-state index in [1.54, 1.807) is 4.90 Å². The molecule has 1 aromatic carbocycles. The van der Waals surface area contributed by atoms with E-state index in [1.807, 2.05) is 30.3 Å². The van der Waals surface area contributed by atoms with Crippen molar-refractivity contribution in [2.75, 3.05) is 13.1 Å². The van der Waals surface area contributed by atoms with Crippen LogP contribution < -0.4 is 0 Å². The van der Waals surface area contributed by atoms with Crippen molar-refractivity contribution in [3.63, 3.8) is 0 Å². The van der Waals surface area contributed by atoms with Gasteiger partial charge in [-0.05, 0) is 12.0 Å². The minimum absolute atomic E-state index is 0.0423. The van der Waals surface area contributed by atoms with E-state index in [-0.39, 0.29) is 18.6 Å². The number of hydrogen-bond acceptors (Lipinski definition) is 3. The lowest BCUT2D eigenvalue weighted by Gasteiger charge is -2.15. The van der Waals surface area contributed by atoms with Crippen LogP contribution in [0.15, 0.2) is 30.3 Å². The van der Waals surface area contributed by atoms with Gasteiger partial charge in [-0.1, -0.05) is 30.3 Å². The first-order chi connectivity index (χ1) is 8.29. The Morgan fingerprint density at radius 2 is 2.24 bits per heavy atom. The summed E-state index contributed by atoms with van der Waals surface area (Å²) in [5.74, 6) is -0.0423. The van der Waals surface area contributed by atoms with Crippen LogP contribution in [0.25, 0.3) is 0 Å². The van der Waals surface area contributed by atoms with E-state index in [0.29, 0.717) is 13.1 Å². The lowest BCUT2D eigenvalue weighted by molar-refractivity contribution is 0.104. The van der Waals surface area contributed by atoms with E-state index in [9.17, 15) is 4.79 Å². The minimum Gasteiger partial charge on any atom is -0.445 e. The second kappa shape index (κ2) is 5.35. The number of hydrogen-bond donors (Lipinski definition) is 0. The van der Waals surface area contributed by atoms with Crippen molar-refractivity contribution >= 4 is 6.09 Å². The Balaban J connectivity index is 1.81. The van der Waals surface area contributed by atoms with Gasteiger partial charge in [-0.2, -0.15) is 5.26 Å². The van der Waals surface area contributed by atoms with Crippen LogP contribution in [0.5, 0.6) is 0 Å². The standard InChI is InChI=1S/C13H14N2O2/c14-8-12-6-7-15(9-12)13(16)17-10-11-4-2-1-3-5-11/h1-5,12H,6-7,9-10H2. The lowest BCUT2D eigenvalue weighted by Crippen LogP contribution is -2.29. The van der Waals surface area contributed by atoms with Gasteiger partial charge in [0, 0.05) is 13.1 Å². The van der Waals surface area contributed by atoms with Crippen molar-refractivity contribution in [1.82, 2.24) is 4.90 Å². The van der Waals surface area contributed by atoms with Crippen LogP contribution in [0.2, 0.25) is 0 Å². The zero-order chi connectivity index (χ0) is 12.1. The maximum Gasteiger partial charge on any atom is 0.410 e. The van der Waals surface area contributed by atoms with Crippen LogP contribution in [0.1, 0.15) is 12.0 Å². The molecule has 0 spiro atoms. The molecule has 0 radical (unpaired) electrons. The molecule has 1 atom stereocenters. The summed E-state index contributed by atoms with van der Waals surface area (Å²) in [6.07, 6.45) is 0.420. The molecular formula is C13H14N2O2. The predicted molar refractivity (Wildman–Crippen MR) is 61.9 cm³/mol. The lowest BCUT2D eigenvalue weighted by atomic mass is 10.1. The predicted octanol–water partition coefficient (Wildman–Crippen LogP) is 2.17. The molecule has 0 saturated carbocycles. The van der Waals surface area contributed by atoms with Crippen LogP contribution in [-0.2, 0) is 11.3 Å². The Hall–Kier alpha value is -2.02. The molecule has 0 aliphatic carbocycles. The van der Waals surface area contributed by atoms with Gasteiger partial charge in [-0.3, -0.25) is 0 Å². The zero-order valence-corrected chi connectivity index (χ0v) is 9.50. The molecule has 1 aliphatic rings. The van der Waals surface area contributed by atoms with Crippen LogP contribution in [0, 0.1) is 17.2 Å². The molecule has 1 aliphatic heterocycles. The summed E-state index contributed by atoms with van der Waals surface area (Å²) in [4.78, 5) is 13.3. The van der Waals surface area contributed by atoms with E-state index in [1.165, 1.54) is 0 Å². The van der Waals surface area contributed by atoms with Gasteiger partial charge in [0.2, 0.25) is 0 Å². The third kappa shape index (κ3) is 2.97. The Labute approximate surface area is 100 Å². The molecule has 1 saturated heterocycles. The smallest absolute Gasteiger partial charge is 0.410 e. The Kier molecular flexibility index (Phi) is 3.61. The van der Waals surface area contributed by atoms with Gasteiger partial charge < -0.3 is 9.64 Å². The highest BCUT2D eigenvalue weighted by molar-refractivity contribution is 5.68. The van der Waals surface area contributed by atoms with Gasteiger partial charge in [-0.15, -0.1) is 0 Å². The van der Waals surface area contributed by atoms with Crippen LogP contribution >= 0.6 is 0 Å². The van der Waals surface area contributed by atoms with E-state index in [0.717, 1.165) is 12.0 Å². The van der Waals surface area contributed by atoms with Gasteiger partial charge in [0.05, 0.1) is 12.0 Å². The van der Waals surface area contributed by atoms with Gasteiger partial charge in [0.25, 0.3) is 0 Å². The number of benzene rings is 1. The van der Waals surface area contributed by atoms with E-state index >= 15 is 0 Å². The molecule has 1 aromatic rings. The Morgan fingerprint density at radius 1 is 1.47 bits per heavy atom. The zero-order valence-electron chi connectivity index (χ0n) is 9.50. The van der Waals surface area contributed by atoms with Crippen molar-refractivity contribution < 1.29 is 9.53 Å². The number of carbonyl (C=O) groups is 1. The summed E-state index contributed by atoms with van der Waals surface area (Å²) in [6, 6.07) is 11.7. The number of likely N-dealkylation sites (tertiary alicyclic amines) is 1. The largest absolute Gasteiger partial charge is 0.445 e. The fourth-order valence-corrected chi connectivity index (χ4v) is 1.84. The number of carbonyl (C=O) groups excluding carboxylic acids is 1. The van der Waals surface area contributed by atoms with Gasteiger partial charge in [0.15, 0.2) is 0 Å². The summed E-state index contributed by atoms with van der Waals surface area (Å²) < 4.78 is 5.18. The molecule has 1 amide bonds. The van der Waals surface area contributed by atoms with Crippen molar-refractivity contribution in [2.45, 2.75) is 13.0 Å². The summed E-state index contributed by atoms with van der Waals surface area (Å²) in [7, 11) is 0. The molecular weight excluding hydrogens is 216 g/mol. The topological polar surface area (TPSA) is 53.3 Å². The first-order valence-corrected chi connectivity index (χ1v) is 5.65. The first-order valence-electron chi connectivity index (χ1n) is 5.65. The molecule has 4 heteroatoms. The molecule has 2 rings (SSSR count). The van der Waals surface area contributed by atoms with Crippen molar-refractivity contribution in [3.8, 4) is 6.07 Å². The maximum atomic E-state index is 11.7. The molecule has 1 unspecified atom stereocenters. The van der Waals surface area contributed by atoms with Crippen LogP contribution in [-0.4, -0.2) is 24.1 Å². The quantitative estimate of drug-likeness (QED) is 0.782. The van der Waals surface area contributed by atoms with E-state index < -0.39 is 0 Å². The molecule has 1 heterocycles. The van der Waals surface area contributed by atoms with Crippen molar-refractivity contribution in [1.29, 1.82) is 5.26 Å². The molecule has 17 heavy (non-hydrogen) atoms. The average Bonchev–Trinajstić information content (AvgIpc) is 2.86. The third-order valence-corrected chi connectivity index (χ3v) is 2.83. The fourth-order valence-electron chi connectivity index (χ4n) is 1.84. The van der Waals surface area contributed by atoms with Crippen molar-refractivity contribution in [3.05, 3.63) is 35.9 Å². The van der Waals surface area contributed by atoms with Crippen LogP contribution in [0.3, 0.4) is 0 Å². The Bertz CT molecular complexity index is 425. The Morgan fingerprint density at radius 3 is 2.88 bits per heavy atom. The highest BCUT2D eigenvalue weighted by atomic mass is 16.6. The fraction of sp³-hybridized carbons (Fsp3) is 0.385. The number of rotatable bonds is 2. The van der Waals surface area contributed by atoms with Gasteiger partial charge in [0.1, 0.15) is 6.61 Å². The van der Waals surface area contributed by atoms with E-state index in [2.05, 4.69) is 6.07 Å². The third-order valence-electron chi connectivity index (χ3n) is 2.83. The maximum absolute atomic E-state index is 11.7.